The predicted molar refractivity (Wildman–Crippen MR) is 74.8 cm³/mol. The fourth-order valence-electron chi connectivity index (χ4n) is 2.50. The van der Waals surface area contributed by atoms with E-state index in [4.69, 9.17) is 10.5 Å². The van der Waals surface area contributed by atoms with Gasteiger partial charge >= 0.3 is 0 Å². The van der Waals surface area contributed by atoms with Crippen LogP contribution in [-0.4, -0.2) is 25.2 Å². The summed E-state index contributed by atoms with van der Waals surface area (Å²) in [6, 6.07) is 11.0. The SMILES string of the molecule is NC1CCCC(NCCCOc2ccccc2)C1. The molecule has 0 radical (unpaired) electrons. The van der Waals surface area contributed by atoms with Gasteiger partial charge in [0.15, 0.2) is 0 Å². The first-order valence-electron chi connectivity index (χ1n) is 7.01. The van der Waals surface area contributed by atoms with Crippen LogP contribution in [0, 0.1) is 0 Å². The fraction of sp³-hybridized carbons (Fsp3) is 0.600. The summed E-state index contributed by atoms with van der Waals surface area (Å²) in [7, 11) is 0. The monoisotopic (exact) mass is 248 g/mol. The molecule has 2 rings (SSSR count). The molecular weight excluding hydrogens is 224 g/mol. The van der Waals surface area contributed by atoms with Crippen molar-refractivity contribution in [1.82, 2.24) is 5.32 Å². The molecule has 1 fully saturated rings. The number of hydrogen-bond donors (Lipinski definition) is 2. The largest absolute Gasteiger partial charge is 0.494 e. The maximum absolute atomic E-state index is 5.97. The third-order valence-corrected chi connectivity index (χ3v) is 3.48. The Balaban J connectivity index is 1.53. The highest BCUT2D eigenvalue weighted by Gasteiger charge is 2.17. The molecule has 0 bridgehead atoms. The number of nitrogens with one attached hydrogen (secondary N) is 1. The first-order chi connectivity index (χ1) is 8.84. The van der Waals surface area contributed by atoms with Gasteiger partial charge in [-0.05, 0) is 44.4 Å². The lowest BCUT2D eigenvalue weighted by atomic mass is 9.91. The van der Waals surface area contributed by atoms with Gasteiger partial charge < -0.3 is 15.8 Å². The van der Waals surface area contributed by atoms with Gasteiger partial charge in [0.2, 0.25) is 0 Å². The van der Waals surface area contributed by atoms with E-state index in [9.17, 15) is 0 Å². The van der Waals surface area contributed by atoms with Crippen LogP contribution in [0.15, 0.2) is 30.3 Å². The van der Waals surface area contributed by atoms with Crippen molar-refractivity contribution in [2.45, 2.75) is 44.2 Å². The Morgan fingerprint density at radius 2 is 2.06 bits per heavy atom. The molecule has 2 atom stereocenters. The van der Waals surface area contributed by atoms with Crippen LogP contribution < -0.4 is 15.8 Å². The highest BCUT2D eigenvalue weighted by atomic mass is 16.5. The van der Waals surface area contributed by atoms with Crippen LogP contribution in [0.1, 0.15) is 32.1 Å². The zero-order chi connectivity index (χ0) is 12.6. The molecule has 3 heteroatoms. The Kier molecular flexibility index (Phi) is 5.49. The van der Waals surface area contributed by atoms with E-state index in [-0.39, 0.29) is 0 Å². The molecule has 100 valence electrons. The average Bonchev–Trinajstić information content (AvgIpc) is 2.40. The summed E-state index contributed by atoms with van der Waals surface area (Å²) in [6.07, 6.45) is 5.89. The van der Waals surface area contributed by atoms with Gasteiger partial charge in [-0.1, -0.05) is 24.6 Å². The van der Waals surface area contributed by atoms with Crippen LogP contribution in [0.25, 0.3) is 0 Å². The number of benzene rings is 1. The van der Waals surface area contributed by atoms with Crippen LogP contribution in [0.2, 0.25) is 0 Å². The Morgan fingerprint density at radius 1 is 1.22 bits per heavy atom. The van der Waals surface area contributed by atoms with E-state index in [1.807, 2.05) is 30.3 Å². The van der Waals surface area contributed by atoms with Gasteiger partial charge in [-0.25, -0.2) is 0 Å². The fourth-order valence-corrected chi connectivity index (χ4v) is 2.50. The molecule has 0 saturated heterocycles. The molecule has 0 amide bonds. The topological polar surface area (TPSA) is 47.3 Å². The van der Waals surface area contributed by atoms with Crippen molar-refractivity contribution in [2.24, 2.45) is 5.73 Å². The average molecular weight is 248 g/mol. The highest BCUT2D eigenvalue weighted by molar-refractivity contribution is 5.20. The van der Waals surface area contributed by atoms with Gasteiger partial charge in [-0.2, -0.15) is 0 Å². The van der Waals surface area contributed by atoms with Crippen molar-refractivity contribution in [3.05, 3.63) is 30.3 Å². The minimum absolute atomic E-state index is 0.400. The van der Waals surface area contributed by atoms with Crippen LogP contribution in [-0.2, 0) is 0 Å². The van der Waals surface area contributed by atoms with Gasteiger partial charge in [-0.15, -0.1) is 0 Å². The zero-order valence-corrected chi connectivity index (χ0v) is 11.0. The van der Waals surface area contributed by atoms with E-state index in [0.29, 0.717) is 12.1 Å². The zero-order valence-electron chi connectivity index (χ0n) is 11.0. The van der Waals surface area contributed by atoms with Crippen molar-refractivity contribution in [3.63, 3.8) is 0 Å². The smallest absolute Gasteiger partial charge is 0.119 e. The highest BCUT2D eigenvalue weighted by Crippen LogP contribution is 2.16. The van der Waals surface area contributed by atoms with E-state index in [1.54, 1.807) is 0 Å². The van der Waals surface area contributed by atoms with Gasteiger partial charge in [0.05, 0.1) is 6.61 Å². The normalized spacial score (nSPS) is 23.8. The minimum Gasteiger partial charge on any atom is -0.494 e. The quantitative estimate of drug-likeness (QED) is 0.760. The Hall–Kier alpha value is -1.06. The molecule has 0 aliphatic heterocycles. The molecule has 1 aliphatic rings. The van der Waals surface area contributed by atoms with E-state index in [2.05, 4.69) is 5.32 Å². The summed E-state index contributed by atoms with van der Waals surface area (Å²) in [5.41, 5.74) is 5.97. The third kappa shape index (κ3) is 4.67. The molecular formula is C15H24N2O. The number of nitrogens with two attached hydrogens (primary N) is 1. The second-order valence-electron chi connectivity index (χ2n) is 5.09. The number of rotatable bonds is 6. The van der Waals surface area contributed by atoms with E-state index in [1.165, 1.54) is 19.3 Å². The minimum atomic E-state index is 0.400. The molecule has 1 saturated carbocycles. The summed E-state index contributed by atoms with van der Waals surface area (Å²) in [6.45, 7) is 1.79. The third-order valence-electron chi connectivity index (χ3n) is 3.48. The first-order valence-corrected chi connectivity index (χ1v) is 7.01. The summed E-state index contributed by atoms with van der Waals surface area (Å²) in [5, 5.41) is 3.58. The standard InChI is InChI=1S/C15H24N2O/c16-13-6-4-7-14(12-13)17-10-5-11-18-15-8-2-1-3-9-15/h1-3,8-9,13-14,17H,4-7,10-12,16H2. The lowest BCUT2D eigenvalue weighted by Gasteiger charge is -2.27. The Labute approximate surface area is 110 Å². The van der Waals surface area contributed by atoms with Crippen LogP contribution >= 0.6 is 0 Å². The van der Waals surface area contributed by atoms with Crippen molar-refractivity contribution < 1.29 is 4.74 Å². The molecule has 3 N–H and O–H groups in total. The summed E-state index contributed by atoms with van der Waals surface area (Å²) in [5.74, 6) is 0.956. The van der Waals surface area contributed by atoms with Crippen molar-refractivity contribution in [2.75, 3.05) is 13.2 Å². The molecule has 1 aliphatic carbocycles. The number of hydrogen-bond acceptors (Lipinski definition) is 3. The van der Waals surface area contributed by atoms with Gasteiger partial charge in [0.1, 0.15) is 5.75 Å². The molecule has 0 aromatic heterocycles. The second-order valence-corrected chi connectivity index (χ2v) is 5.09. The van der Waals surface area contributed by atoms with E-state index >= 15 is 0 Å². The summed E-state index contributed by atoms with van der Waals surface area (Å²) < 4.78 is 5.65. The maximum Gasteiger partial charge on any atom is 0.119 e. The maximum atomic E-state index is 5.97. The number of para-hydroxylation sites is 1. The van der Waals surface area contributed by atoms with Crippen molar-refractivity contribution in [3.8, 4) is 5.75 Å². The summed E-state index contributed by atoms with van der Waals surface area (Å²) >= 11 is 0. The van der Waals surface area contributed by atoms with Crippen molar-refractivity contribution >= 4 is 0 Å². The molecule has 1 aromatic carbocycles. The predicted octanol–water partition coefficient (Wildman–Crippen LogP) is 2.31. The second kappa shape index (κ2) is 7.39. The Bertz CT molecular complexity index is 329. The molecule has 1 aromatic rings. The molecule has 0 heterocycles. The van der Waals surface area contributed by atoms with Gasteiger partial charge in [-0.3, -0.25) is 0 Å². The molecule has 0 spiro atoms. The molecule has 2 unspecified atom stereocenters. The molecule has 18 heavy (non-hydrogen) atoms. The first kappa shape index (κ1) is 13.4. The lowest BCUT2D eigenvalue weighted by Crippen LogP contribution is -2.39. The van der Waals surface area contributed by atoms with Crippen LogP contribution in [0.3, 0.4) is 0 Å². The Morgan fingerprint density at radius 3 is 2.83 bits per heavy atom. The van der Waals surface area contributed by atoms with E-state index < -0.39 is 0 Å². The van der Waals surface area contributed by atoms with Gasteiger partial charge in [0.25, 0.3) is 0 Å². The molecule has 3 nitrogen and oxygen atoms in total. The lowest BCUT2D eigenvalue weighted by molar-refractivity contribution is 0.291. The van der Waals surface area contributed by atoms with Crippen molar-refractivity contribution in [1.29, 1.82) is 0 Å². The van der Waals surface area contributed by atoms with Crippen LogP contribution in [0.4, 0.5) is 0 Å². The number of ether oxygens (including phenoxy) is 1. The van der Waals surface area contributed by atoms with E-state index in [0.717, 1.165) is 31.7 Å². The van der Waals surface area contributed by atoms with Gasteiger partial charge in [0, 0.05) is 12.1 Å². The van der Waals surface area contributed by atoms with Crippen LogP contribution in [0.5, 0.6) is 5.75 Å². The summed E-state index contributed by atoms with van der Waals surface area (Å²) in [4.78, 5) is 0.